The normalized spacial score (nSPS) is 12.8. The Morgan fingerprint density at radius 1 is 0.211 bits per heavy atom. The second kappa shape index (κ2) is 34.1. The summed E-state index contributed by atoms with van der Waals surface area (Å²) >= 11 is 3.46. The molecule has 23 rings (SSSR count). The van der Waals surface area contributed by atoms with Gasteiger partial charge in [0.15, 0.2) is 34.9 Å². The van der Waals surface area contributed by atoms with Gasteiger partial charge in [0.1, 0.15) is 22.2 Å². The first-order valence-electron chi connectivity index (χ1n) is 42.5. The van der Waals surface area contributed by atoms with Crippen LogP contribution < -0.4 is 5.46 Å². The fourth-order valence-electron chi connectivity index (χ4n) is 16.1. The van der Waals surface area contributed by atoms with Crippen molar-refractivity contribution in [1.82, 2.24) is 49.8 Å². The number of para-hydroxylation sites is 4. The fourth-order valence-corrected chi connectivity index (χ4v) is 16.4. The zero-order valence-electron chi connectivity index (χ0n) is 70.2. The molecule has 1 saturated heterocycles. The third kappa shape index (κ3) is 16.4. The molecule has 610 valence electrons. The lowest BCUT2D eigenvalue weighted by molar-refractivity contribution is 0.00578. The number of fused-ring (bicyclic) bond motifs is 8. The van der Waals surface area contributed by atoms with Crippen molar-refractivity contribution in [3.05, 3.63) is 405 Å². The van der Waals surface area contributed by atoms with Gasteiger partial charge in [0.2, 0.25) is 11.4 Å². The summed E-state index contributed by atoms with van der Waals surface area (Å²) in [6.45, 7) is 8.31. The summed E-state index contributed by atoms with van der Waals surface area (Å²) < 4.78 is 25.3. The smallest absolute Gasteiger partial charge is 0.436 e. The van der Waals surface area contributed by atoms with E-state index in [1.165, 1.54) is 11.1 Å². The minimum Gasteiger partial charge on any atom is -0.436 e. The number of hydrogen-bond acceptors (Lipinski definition) is 14. The predicted molar refractivity (Wildman–Crippen MR) is 521 cm³/mol. The Hall–Kier alpha value is -15.7. The molecular formula is C112H78BBrN10O4. The number of rotatable bonds is 14. The molecule has 0 unspecified atom stereocenters. The average Bonchev–Trinajstić information content (AvgIpc) is 1.50. The van der Waals surface area contributed by atoms with Crippen LogP contribution in [0.15, 0.2) is 414 Å². The van der Waals surface area contributed by atoms with Crippen molar-refractivity contribution in [3.8, 4) is 146 Å². The summed E-state index contributed by atoms with van der Waals surface area (Å²) in [7, 11) is -0.377. The third-order valence-electron chi connectivity index (χ3n) is 23.8. The van der Waals surface area contributed by atoms with E-state index in [9.17, 15) is 0 Å². The fraction of sp³-hybridized carbons (Fsp3) is 0.0536. The van der Waals surface area contributed by atoms with Gasteiger partial charge in [0.25, 0.3) is 0 Å². The largest absolute Gasteiger partial charge is 0.494 e. The van der Waals surface area contributed by atoms with Gasteiger partial charge >= 0.3 is 7.12 Å². The Morgan fingerprint density at radius 2 is 0.445 bits per heavy atom. The monoisotopic (exact) mass is 1720 g/mol. The Balaban J connectivity index is 0.000000131. The van der Waals surface area contributed by atoms with Crippen LogP contribution in [0.1, 0.15) is 27.7 Å². The molecule has 0 aliphatic carbocycles. The van der Waals surface area contributed by atoms with Gasteiger partial charge in [-0.05, 0) is 178 Å². The molecule has 16 heteroatoms. The predicted octanol–water partition coefficient (Wildman–Crippen LogP) is 27.8. The van der Waals surface area contributed by atoms with Crippen LogP contribution in [0.4, 0.5) is 0 Å². The zero-order chi connectivity index (χ0) is 86.2. The molecule has 0 bridgehead atoms. The van der Waals surface area contributed by atoms with Gasteiger partial charge in [-0.2, -0.15) is 0 Å². The van der Waals surface area contributed by atoms with E-state index in [1.807, 2.05) is 146 Å². The molecule has 128 heavy (non-hydrogen) atoms. The van der Waals surface area contributed by atoms with Crippen molar-refractivity contribution in [1.29, 1.82) is 0 Å². The van der Waals surface area contributed by atoms with Gasteiger partial charge in [-0.3, -0.25) is 0 Å². The Bertz CT molecular complexity index is 7830. The van der Waals surface area contributed by atoms with Crippen LogP contribution in [-0.2, 0) is 9.31 Å². The molecule has 22 aromatic rings. The van der Waals surface area contributed by atoms with Gasteiger partial charge < -0.3 is 18.1 Å². The third-order valence-corrected chi connectivity index (χ3v) is 24.2. The highest BCUT2D eigenvalue weighted by molar-refractivity contribution is 9.10. The minimum atomic E-state index is -0.377. The van der Waals surface area contributed by atoms with Crippen molar-refractivity contribution in [2.45, 2.75) is 38.9 Å². The van der Waals surface area contributed by atoms with Crippen LogP contribution in [0, 0.1) is 0 Å². The first-order chi connectivity index (χ1) is 62.7. The molecule has 0 N–H and O–H groups in total. The first-order valence-corrected chi connectivity index (χ1v) is 43.3. The second-order valence-corrected chi connectivity index (χ2v) is 33.5. The van der Waals surface area contributed by atoms with Crippen molar-refractivity contribution >= 4 is 95.0 Å². The molecule has 7 heterocycles. The van der Waals surface area contributed by atoms with Crippen LogP contribution in [0.25, 0.3) is 213 Å². The van der Waals surface area contributed by atoms with Crippen molar-refractivity contribution in [2.24, 2.45) is 0 Å². The summed E-state index contributed by atoms with van der Waals surface area (Å²) in [4.78, 5) is 48.4. The van der Waals surface area contributed by atoms with Crippen molar-refractivity contribution < 1.29 is 18.1 Å². The summed E-state index contributed by atoms with van der Waals surface area (Å²) in [5.41, 5.74) is 29.5. The maximum Gasteiger partial charge on any atom is 0.494 e. The number of aromatic nitrogens is 10. The SMILES string of the molecule is Brc1ccc2oc3nc4ccccc4nc3c2c1.CC1(C)OB(c2ccc(-c3cccc(-c4ccc(-c5nc(-c6ccccc6)nc(-c6ccc(-c7ccccc7)cc6)n5)cc4)c3)cc2)OC1(C)C.c1ccc(-c2ccc(-c3nc(-c4ccccc4)nc(-c4ccc(-c5cccc(-c6ccc(-c7ccc8oc9nc%10ccccc%10nc9c8c7)cc6)c5)cc4)n3)cc2)cc1. The van der Waals surface area contributed by atoms with E-state index in [2.05, 4.69) is 308 Å². The quantitative estimate of drug-likeness (QED) is 0.0941. The summed E-state index contributed by atoms with van der Waals surface area (Å²) in [5, 5.41) is 1.94. The van der Waals surface area contributed by atoms with Crippen LogP contribution in [0.2, 0.25) is 0 Å². The molecule has 1 aliphatic heterocycles. The van der Waals surface area contributed by atoms with E-state index in [0.29, 0.717) is 46.4 Å². The summed E-state index contributed by atoms with van der Waals surface area (Å²) in [6.07, 6.45) is 0. The maximum atomic E-state index is 6.26. The van der Waals surface area contributed by atoms with E-state index in [4.69, 9.17) is 58.0 Å². The highest BCUT2D eigenvalue weighted by Gasteiger charge is 2.51. The van der Waals surface area contributed by atoms with Gasteiger partial charge in [0.05, 0.1) is 33.3 Å². The lowest BCUT2D eigenvalue weighted by atomic mass is 9.78. The Labute approximate surface area is 747 Å². The number of benzene rings is 16. The Kier molecular flexibility index (Phi) is 21.2. The zero-order valence-corrected chi connectivity index (χ0v) is 71.8. The topological polar surface area (TPSA) is 174 Å². The minimum absolute atomic E-state index is 0.370. The molecule has 6 aromatic heterocycles. The molecular weight excluding hydrogens is 1640 g/mol. The maximum absolute atomic E-state index is 6.26. The molecule has 0 spiro atoms. The van der Waals surface area contributed by atoms with E-state index in [-0.39, 0.29) is 18.3 Å². The van der Waals surface area contributed by atoms with Crippen LogP contribution in [0.3, 0.4) is 0 Å². The molecule has 1 aliphatic rings. The molecule has 0 atom stereocenters. The van der Waals surface area contributed by atoms with E-state index < -0.39 is 0 Å². The van der Waals surface area contributed by atoms with Crippen LogP contribution in [-0.4, -0.2) is 68.2 Å². The summed E-state index contributed by atoms with van der Waals surface area (Å²) in [6, 6.07) is 137. The van der Waals surface area contributed by atoms with Gasteiger partial charge in [-0.25, -0.2) is 49.8 Å². The van der Waals surface area contributed by atoms with E-state index in [1.54, 1.807) is 0 Å². The highest BCUT2D eigenvalue weighted by atomic mass is 79.9. The highest BCUT2D eigenvalue weighted by Crippen LogP contribution is 2.41. The number of halogens is 1. The lowest BCUT2D eigenvalue weighted by Gasteiger charge is -2.32. The van der Waals surface area contributed by atoms with Gasteiger partial charge in [0, 0.05) is 48.6 Å². The van der Waals surface area contributed by atoms with E-state index >= 15 is 0 Å². The molecule has 14 nitrogen and oxygen atoms in total. The van der Waals surface area contributed by atoms with E-state index in [0.717, 1.165) is 165 Å². The molecule has 0 saturated carbocycles. The van der Waals surface area contributed by atoms with Crippen LogP contribution >= 0.6 is 15.9 Å². The first kappa shape index (κ1) is 79.5. The number of nitrogens with zero attached hydrogens (tertiary/aromatic N) is 10. The summed E-state index contributed by atoms with van der Waals surface area (Å²) in [5.74, 6) is 3.81. The lowest BCUT2D eigenvalue weighted by Crippen LogP contribution is -2.41. The Morgan fingerprint density at radius 3 is 0.781 bits per heavy atom. The number of hydrogen-bond donors (Lipinski definition) is 0. The number of furan rings is 2. The van der Waals surface area contributed by atoms with Gasteiger partial charge in [-0.1, -0.05) is 350 Å². The van der Waals surface area contributed by atoms with Crippen molar-refractivity contribution in [2.75, 3.05) is 0 Å². The van der Waals surface area contributed by atoms with Crippen molar-refractivity contribution in [3.63, 3.8) is 0 Å². The van der Waals surface area contributed by atoms with Gasteiger partial charge in [-0.15, -0.1) is 0 Å². The second-order valence-electron chi connectivity index (χ2n) is 32.6. The molecule has 0 radical (unpaired) electrons. The standard InChI is InChI=1S/C53H33N5O.C45H38BN3O2.C14H7BrN2O/c1-3-10-34(11-4-1)35-22-26-40(27-23-35)51-56-50(39-12-5-2-6-13-39)57-52(58-51)41-28-24-37(25-29-41)43-15-9-14-42(32-43)36-18-20-38(21-19-36)44-30-31-48-45(33-44)49-53(59-48)55-47-17-8-7-16-46(47)54-49;1-44(2)45(3,4)51-46(50-44)40-28-26-34(27-29-40)39-17-11-16-38(30-39)33-20-24-37(25-21-33)43-48-41(35-14-9-6-10-15-35)47-42(49-43)36-22-18-32(19-23-36)31-12-7-5-8-13-31;15-8-5-6-12-9(7-8)13-14(18-12)17-11-4-2-1-3-10(11)16-13/h1-33H;5-30H,1-4H3;1-7H. The average molecular weight is 1720 g/mol. The van der Waals surface area contributed by atoms with Crippen LogP contribution in [0.5, 0.6) is 0 Å². The molecule has 16 aromatic carbocycles. The molecule has 0 amide bonds. The molecule has 1 fully saturated rings.